The first-order valence-electron chi connectivity index (χ1n) is 4.91. The number of nitrogens with zero attached hydrogens (tertiary/aromatic N) is 2. The van der Waals surface area contributed by atoms with Crippen LogP contribution in [0.25, 0.3) is 0 Å². The Morgan fingerprint density at radius 1 is 1.73 bits per heavy atom. The Balaban J connectivity index is 2.57. The first-order chi connectivity index (χ1) is 7.04. The number of carboxylic acid groups (broad SMARTS) is 1. The van der Waals surface area contributed by atoms with Gasteiger partial charge in [0.15, 0.2) is 0 Å². The van der Waals surface area contributed by atoms with Crippen LogP contribution in [0.3, 0.4) is 0 Å². The Labute approximate surface area is 93.6 Å². The molecule has 1 aromatic heterocycles. The van der Waals surface area contributed by atoms with Crippen LogP contribution in [-0.2, 0) is 17.8 Å². The molecule has 1 heterocycles. The van der Waals surface area contributed by atoms with Crippen LogP contribution in [0.2, 0.25) is 0 Å². The van der Waals surface area contributed by atoms with Crippen molar-refractivity contribution in [1.29, 1.82) is 0 Å². The molecule has 0 unspecified atom stereocenters. The zero-order valence-electron chi connectivity index (χ0n) is 9.23. The second-order valence-corrected chi connectivity index (χ2v) is 4.70. The van der Waals surface area contributed by atoms with Gasteiger partial charge in [-0.3, -0.25) is 9.69 Å². The Hall–Kier alpha value is -0.940. The minimum absolute atomic E-state index is 0.473. The van der Waals surface area contributed by atoms with Crippen LogP contribution in [0.5, 0.6) is 0 Å². The molecule has 4 nitrogen and oxygen atoms in total. The molecule has 0 aliphatic carbocycles. The molecule has 1 atom stereocenters. The molecule has 0 amide bonds. The minimum atomic E-state index is -0.801. The van der Waals surface area contributed by atoms with Crippen LogP contribution in [-0.4, -0.2) is 34.0 Å². The fourth-order valence-electron chi connectivity index (χ4n) is 1.12. The van der Waals surface area contributed by atoms with Crippen molar-refractivity contribution in [3.63, 3.8) is 0 Å². The van der Waals surface area contributed by atoms with Crippen LogP contribution >= 0.6 is 11.3 Å². The molecule has 0 aromatic carbocycles. The van der Waals surface area contributed by atoms with Gasteiger partial charge in [0, 0.05) is 11.1 Å². The van der Waals surface area contributed by atoms with E-state index in [1.54, 1.807) is 30.2 Å². The smallest absolute Gasteiger partial charge is 0.320 e. The second-order valence-electron chi connectivity index (χ2n) is 3.50. The number of hydrogen-bond donors (Lipinski definition) is 1. The van der Waals surface area contributed by atoms with Gasteiger partial charge in [-0.2, -0.15) is 0 Å². The largest absolute Gasteiger partial charge is 0.480 e. The predicted molar refractivity (Wildman–Crippen MR) is 60.1 cm³/mol. The number of thiazole rings is 1. The van der Waals surface area contributed by atoms with Gasteiger partial charge < -0.3 is 5.11 Å². The molecule has 1 N–H and O–H groups in total. The summed E-state index contributed by atoms with van der Waals surface area (Å²) in [6, 6.07) is -0.473. The third-order valence-electron chi connectivity index (χ3n) is 2.35. The molecule has 0 radical (unpaired) electrons. The number of carboxylic acids is 1. The zero-order valence-corrected chi connectivity index (χ0v) is 10.0. The Morgan fingerprint density at radius 3 is 2.87 bits per heavy atom. The van der Waals surface area contributed by atoms with E-state index in [1.807, 2.05) is 6.20 Å². The van der Waals surface area contributed by atoms with Crippen molar-refractivity contribution in [3.8, 4) is 0 Å². The third kappa shape index (κ3) is 3.28. The van der Waals surface area contributed by atoms with Crippen LogP contribution < -0.4 is 0 Å². The molecular formula is C10H16N2O2S. The van der Waals surface area contributed by atoms with Gasteiger partial charge in [-0.1, -0.05) is 6.92 Å². The standard InChI is InChI=1S/C10H16N2O2S/c1-4-8-5-11-9(15-8)6-12(3)7(2)10(13)14/h5,7H,4,6H2,1-3H3,(H,13,14)/t7-/m0/s1. The average Bonchev–Trinajstić information content (AvgIpc) is 2.64. The van der Waals surface area contributed by atoms with Gasteiger partial charge in [0.25, 0.3) is 0 Å². The van der Waals surface area contributed by atoms with Crippen molar-refractivity contribution in [2.45, 2.75) is 32.9 Å². The van der Waals surface area contributed by atoms with Gasteiger partial charge in [0.05, 0.1) is 6.54 Å². The summed E-state index contributed by atoms with van der Waals surface area (Å²) in [4.78, 5) is 18.0. The number of aromatic nitrogens is 1. The normalized spacial score (nSPS) is 13.1. The van der Waals surface area contributed by atoms with E-state index in [2.05, 4.69) is 11.9 Å². The number of likely N-dealkylation sites (N-methyl/N-ethyl adjacent to an activating group) is 1. The van der Waals surface area contributed by atoms with E-state index in [-0.39, 0.29) is 0 Å². The van der Waals surface area contributed by atoms with Crippen molar-refractivity contribution in [2.24, 2.45) is 0 Å². The molecule has 1 rings (SSSR count). The first kappa shape index (κ1) is 12.1. The van der Waals surface area contributed by atoms with E-state index in [0.717, 1.165) is 11.4 Å². The molecule has 0 aliphatic rings. The molecule has 84 valence electrons. The first-order valence-corrected chi connectivity index (χ1v) is 5.72. The van der Waals surface area contributed by atoms with Crippen molar-refractivity contribution in [2.75, 3.05) is 7.05 Å². The SMILES string of the molecule is CCc1cnc(CN(C)[C@@H](C)C(=O)O)s1. The van der Waals surface area contributed by atoms with Gasteiger partial charge in [0.1, 0.15) is 11.0 Å². The Kier molecular flexibility index (Phi) is 4.23. The second kappa shape index (κ2) is 5.23. The van der Waals surface area contributed by atoms with Crippen LogP contribution in [0, 0.1) is 0 Å². The fourth-order valence-corrected chi connectivity index (χ4v) is 2.05. The maximum atomic E-state index is 10.7. The van der Waals surface area contributed by atoms with E-state index < -0.39 is 12.0 Å². The lowest BCUT2D eigenvalue weighted by atomic mass is 10.3. The molecule has 15 heavy (non-hydrogen) atoms. The summed E-state index contributed by atoms with van der Waals surface area (Å²) in [7, 11) is 1.80. The van der Waals surface area contributed by atoms with E-state index in [1.165, 1.54) is 4.88 Å². The molecule has 0 saturated carbocycles. The van der Waals surface area contributed by atoms with Gasteiger partial charge in [-0.25, -0.2) is 4.98 Å². The van der Waals surface area contributed by atoms with E-state index in [0.29, 0.717) is 6.54 Å². The maximum absolute atomic E-state index is 10.7. The highest BCUT2D eigenvalue weighted by atomic mass is 32.1. The summed E-state index contributed by atoms with van der Waals surface area (Å²) in [5.41, 5.74) is 0. The predicted octanol–water partition coefficient (Wildman–Crippen LogP) is 1.61. The summed E-state index contributed by atoms with van der Waals surface area (Å²) in [5.74, 6) is -0.801. The van der Waals surface area contributed by atoms with Crippen LogP contribution in [0.1, 0.15) is 23.7 Å². The number of aryl methyl sites for hydroxylation is 1. The monoisotopic (exact) mass is 228 g/mol. The molecule has 0 spiro atoms. The molecule has 1 aromatic rings. The summed E-state index contributed by atoms with van der Waals surface area (Å²) >= 11 is 1.64. The summed E-state index contributed by atoms with van der Waals surface area (Å²) < 4.78 is 0. The van der Waals surface area contributed by atoms with Gasteiger partial charge in [-0.15, -0.1) is 11.3 Å². The van der Waals surface area contributed by atoms with E-state index >= 15 is 0 Å². The molecule has 0 bridgehead atoms. The molecule has 0 saturated heterocycles. The van der Waals surface area contributed by atoms with E-state index in [9.17, 15) is 4.79 Å². The molecule has 0 aliphatic heterocycles. The van der Waals surface area contributed by atoms with Gasteiger partial charge >= 0.3 is 5.97 Å². The van der Waals surface area contributed by atoms with Crippen LogP contribution in [0.15, 0.2) is 6.20 Å². The average molecular weight is 228 g/mol. The lowest BCUT2D eigenvalue weighted by molar-refractivity contribution is -0.142. The Bertz CT molecular complexity index is 338. The summed E-state index contributed by atoms with van der Waals surface area (Å²) in [6.07, 6.45) is 2.84. The van der Waals surface area contributed by atoms with Gasteiger partial charge in [0.2, 0.25) is 0 Å². The fraction of sp³-hybridized carbons (Fsp3) is 0.600. The molecule has 5 heteroatoms. The topological polar surface area (TPSA) is 53.4 Å². The van der Waals surface area contributed by atoms with Crippen molar-refractivity contribution >= 4 is 17.3 Å². The Morgan fingerprint density at radius 2 is 2.40 bits per heavy atom. The highest BCUT2D eigenvalue weighted by Gasteiger charge is 2.17. The number of aliphatic carboxylic acids is 1. The third-order valence-corrected chi connectivity index (χ3v) is 3.48. The summed E-state index contributed by atoms with van der Waals surface area (Å²) in [6.45, 7) is 4.36. The molecular weight excluding hydrogens is 212 g/mol. The molecule has 0 fully saturated rings. The van der Waals surface area contributed by atoms with Crippen molar-refractivity contribution < 1.29 is 9.90 Å². The zero-order chi connectivity index (χ0) is 11.4. The maximum Gasteiger partial charge on any atom is 0.320 e. The summed E-state index contributed by atoms with van der Waals surface area (Å²) in [5, 5.41) is 9.80. The number of carbonyl (C=O) groups is 1. The van der Waals surface area contributed by atoms with Crippen molar-refractivity contribution in [1.82, 2.24) is 9.88 Å². The lowest BCUT2D eigenvalue weighted by Crippen LogP contribution is -2.35. The van der Waals surface area contributed by atoms with Gasteiger partial charge in [-0.05, 0) is 20.4 Å². The highest BCUT2D eigenvalue weighted by Crippen LogP contribution is 2.15. The minimum Gasteiger partial charge on any atom is -0.480 e. The van der Waals surface area contributed by atoms with Crippen molar-refractivity contribution in [3.05, 3.63) is 16.1 Å². The quantitative estimate of drug-likeness (QED) is 0.832. The lowest BCUT2D eigenvalue weighted by Gasteiger charge is -2.19. The van der Waals surface area contributed by atoms with Crippen LogP contribution in [0.4, 0.5) is 0 Å². The number of rotatable bonds is 5. The highest BCUT2D eigenvalue weighted by molar-refractivity contribution is 7.11. The van der Waals surface area contributed by atoms with E-state index in [4.69, 9.17) is 5.11 Å². The number of hydrogen-bond acceptors (Lipinski definition) is 4.